The molecule has 0 aromatic carbocycles. The summed E-state index contributed by atoms with van der Waals surface area (Å²) >= 11 is 0. The van der Waals surface area contributed by atoms with Gasteiger partial charge in [0.05, 0.1) is 5.70 Å². The van der Waals surface area contributed by atoms with Crippen LogP contribution in [-0.4, -0.2) is 17.6 Å². The first-order valence-electron chi connectivity index (χ1n) is 5.86. The molecule has 1 unspecified atom stereocenters. The van der Waals surface area contributed by atoms with Crippen LogP contribution in [0.25, 0.3) is 0 Å². The summed E-state index contributed by atoms with van der Waals surface area (Å²) in [7, 11) is 0. The Hall–Kier alpha value is -0.860. The minimum absolute atomic E-state index is 0.424. The highest BCUT2D eigenvalue weighted by Crippen LogP contribution is 2.26. The fourth-order valence-electron chi connectivity index (χ4n) is 1.84. The molecule has 1 rings (SSSR count). The topological polar surface area (TPSA) is 28.0 Å². The molecule has 0 amide bonds. The van der Waals surface area contributed by atoms with E-state index < -0.39 is 0 Å². The lowest BCUT2D eigenvalue weighted by molar-refractivity contribution is 0.178. The second-order valence-corrected chi connectivity index (χ2v) is 5.01. The smallest absolute Gasteiger partial charge is 0.0579 e. The minimum Gasteiger partial charge on any atom is -0.276 e. The fraction of sp³-hybridized carbons (Fsp3) is 0.833. The summed E-state index contributed by atoms with van der Waals surface area (Å²) in [5.74, 6) is 1.39. The molecule has 3 nitrogen and oxygen atoms in total. The summed E-state index contributed by atoms with van der Waals surface area (Å²) < 4.78 is 0. The molecular weight excluding hydrogens is 186 g/mol. The average Bonchev–Trinajstić information content (AvgIpc) is 2.10. The van der Waals surface area contributed by atoms with Gasteiger partial charge in [0.15, 0.2) is 0 Å². The monoisotopic (exact) mass is 209 g/mol. The molecule has 3 heteroatoms. The lowest BCUT2D eigenvalue weighted by Crippen LogP contribution is -2.29. The average molecular weight is 209 g/mol. The van der Waals surface area contributed by atoms with E-state index in [1.54, 1.807) is 0 Å². The summed E-state index contributed by atoms with van der Waals surface area (Å²) in [5, 5.41) is 10.4. The molecule has 0 radical (unpaired) electrons. The van der Waals surface area contributed by atoms with Crippen LogP contribution in [0.3, 0.4) is 0 Å². The molecule has 0 N–H and O–H groups in total. The maximum Gasteiger partial charge on any atom is 0.0579 e. The van der Waals surface area contributed by atoms with Gasteiger partial charge >= 0.3 is 0 Å². The van der Waals surface area contributed by atoms with Crippen LogP contribution in [0.2, 0.25) is 0 Å². The van der Waals surface area contributed by atoms with E-state index >= 15 is 0 Å². The van der Waals surface area contributed by atoms with Crippen molar-refractivity contribution < 1.29 is 0 Å². The Balaban J connectivity index is 2.69. The normalized spacial score (nSPS) is 23.5. The number of hydrogen-bond donors (Lipinski definition) is 0. The number of allylic oxidation sites excluding steroid dienone is 1. The van der Waals surface area contributed by atoms with Gasteiger partial charge in [-0.1, -0.05) is 25.6 Å². The van der Waals surface area contributed by atoms with Crippen molar-refractivity contribution in [3.05, 3.63) is 12.3 Å². The van der Waals surface area contributed by atoms with Gasteiger partial charge < -0.3 is 0 Å². The van der Waals surface area contributed by atoms with Gasteiger partial charge in [0.25, 0.3) is 0 Å². The highest BCUT2D eigenvalue weighted by molar-refractivity contribution is 4.93. The Morgan fingerprint density at radius 1 is 1.33 bits per heavy atom. The third-order valence-electron chi connectivity index (χ3n) is 3.07. The van der Waals surface area contributed by atoms with Crippen LogP contribution in [0, 0.1) is 11.8 Å². The Morgan fingerprint density at radius 2 is 2.00 bits per heavy atom. The van der Waals surface area contributed by atoms with Crippen molar-refractivity contribution in [2.75, 3.05) is 6.54 Å². The predicted molar refractivity (Wildman–Crippen MR) is 63.4 cm³/mol. The molecule has 0 spiro atoms. The van der Waals surface area contributed by atoms with Crippen molar-refractivity contribution in [2.24, 2.45) is 22.2 Å². The molecule has 0 bridgehead atoms. The number of rotatable bonds is 2. The highest BCUT2D eigenvalue weighted by Gasteiger charge is 2.19. The standard InChI is InChI=1S/C12H23N3/c1-9(2)12-6-7-15(10(3)4)14-13-11(5)8-12/h9-10,12H,5-8H2,1-4H3. The zero-order chi connectivity index (χ0) is 11.4. The molecule has 0 aromatic rings. The maximum atomic E-state index is 4.22. The number of nitrogens with zero attached hydrogens (tertiary/aromatic N) is 3. The van der Waals surface area contributed by atoms with Crippen LogP contribution in [0.1, 0.15) is 40.5 Å². The van der Waals surface area contributed by atoms with Crippen LogP contribution in [0.5, 0.6) is 0 Å². The van der Waals surface area contributed by atoms with Crippen molar-refractivity contribution in [2.45, 2.75) is 46.6 Å². The van der Waals surface area contributed by atoms with Crippen molar-refractivity contribution in [1.29, 1.82) is 0 Å². The molecule has 0 fully saturated rings. The van der Waals surface area contributed by atoms with Gasteiger partial charge in [-0.25, -0.2) is 0 Å². The summed E-state index contributed by atoms with van der Waals surface area (Å²) in [5.41, 5.74) is 0.916. The quantitative estimate of drug-likeness (QED) is 0.682. The fourth-order valence-corrected chi connectivity index (χ4v) is 1.84. The van der Waals surface area contributed by atoms with E-state index in [4.69, 9.17) is 0 Å². The number of hydrogen-bond acceptors (Lipinski definition) is 3. The third-order valence-corrected chi connectivity index (χ3v) is 3.07. The van der Waals surface area contributed by atoms with Gasteiger partial charge in [-0.15, -0.1) is 5.11 Å². The predicted octanol–water partition coefficient (Wildman–Crippen LogP) is 3.64. The van der Waals surface area contributed by atoms with E-state index in [0.717, 1.165) is 18.7 Å². The Labute approximate surface area is 93.2 Å². The summed E-state index contributed by atoms with van der Waals surface area (Å²) in [6.45, 7) is 13.8. The summed E-state index contributed by atoms with van der Waals surface area (Å²) in [4.78, 5) is 0. The Bertz CT molecular complexity index is 243. The second-order valence-electron chi connectivity index (χ2n) is 5.01. The van der Waals surface area contributed by atoms with Crippen LogP contribution in [0.4, 0.5) is 0 Å². The van der Waals surface area contributed by atoms with Crippen LogP contribution >= 0.6 is 0 Å². The largest absolute Gasteiger partial charge is 0.276 e. The lowest BCUT2D eigenvalue weighted by Gasteiger charge is -2.28. The minimum atomic E-state index is 0.424. The van der Waals surface area contributed by atoms with Crippen LogP contribution in [0.15, 0.2) is 22.6 Å². The molecule has 15 heavy (non-hydrogen) atoms. The van der Waals surface area contributed by atoms with Crippen molar-refractivity contribution in [3.63, 3.8) is 0 Å². The molecule has 1 aliphatic rings. The van der Waals surface area contributed by atoms with Crippen molar-refractivity contribution >= 4 is 0 Å². The second kappa shape index (κ2) is 5.29. The van der Waals surface area contributed by atoms with E-state index in [0.29, 0.717) is 17.9 Å². The molecule has 0 aromatic heterocycles. The molecule has 0 aliphatic carbocycles. The first-order chi connectivity index (χ1) is 7.00. The van der Waals surface area contributed by atoms with E-state index in [-0.39, 0.29) is 0 Å². The van der Waals surface area contributed by atoms with Gasteiger partial charge in [-0.2, -0.15) is 0 Å². The van der Waals surface area contributed by atoms with Gasteiger partial charge in [0, 0.05) is 12.6 Å². The lowest BCUT2D eigenvalue weighted by atomic mass is 9.88. The summed E-state index contributed by atoms with van der Waals surface area (Å²) in [6.07, 6.45) is 2.18. The molecule has 0 saturated heterocycles. The highest BCUT2D eigenvalue weighted by atomic mass is 15.5. The molecule has 1 atom stereocenters. The Kier molecular flexibility index (Phi) is 4.30. The van der Waals surface area contributed by atoms with E-state index in [1.165, 1.54) is 6.42 Å². The zero-order valence-corrected chi connectivity index (χ0v) is 10.4. The summed E-state index contributed by atoms with van der Waals surface area (Å²) in [6, 6.07) is 0.424. The van der Waals surface area contributed by atoms with Gasteiger partial charge in [-0.3, -0.25) is 5.01 Å². The van der Waals surface area contributed by atoms with Gasteiger partial charge in [-0.05, 0) is 38.5 Å². The Morgan fingerprint density at radius 3 is 2.53 bits per heavy atom. The third kappa shape index (κ3) is 3.65. The van der Waals surface area contributed by atoms with Crippen LogP contribution in [-0.2, 0) is 0 Å². The van der Waals surface area contributed by atoms with E-state index in [9.17, 15) is 0 Å². The van der Waals surface area contributed by atoms with Crippen molar-refractivity contribution in [1.82, 2.24) is 5.01 Å². The molecule has 0 saturated carbocycles. The zero-order valence-electron chi connectivity index (χ0n) is 10.4. The molecule has 86 valence electrons. The van der Waals surface area contributed by atoms with E-state index in [2.05, 4.69) is 49.6 Å². The SMILES string of the molecule is C=C1CC(C(C)C)CCN(C(C)C)N=N1. The first-order valence-corrected chi connectivity index (χ1v) is 5.86. The maximum absolute atomic E-state index is 4.22. The molecule has 1 aliphatic heterocycles. The van der Waals surface area contributed by atoms with Gasteiger partial charge in [0.2, 0.25) is 0 Å². The van der Waals surface area contributed by atoms with Crippen molar-refractivity contribution in [3.8, 4) is 0 Å². The molecular formula is C12H23N3. The van der Waals surface area contributed by atoms with Crippen LogP contribution < -0.4 is 0 Å². The van der Waals surface area contributed by atoms with Gasteiger partial charge in [0.1, 0.15) is 0 Å². The first kappa shape index (κ1) is 12.2. The van der Waals surface area contributed by atoms with E-state index in [1.807, 2.05) is 0 Å². The molecule has 1 heterocycles.